The van der Waals surface area contributed by atoms with Gasteiger partial charge in [-0.2, -0.15) is 18.3 Å². The summed E-state index contributed by atoms with van der Waals surface area (Å²) >= 11 is 5.69. The van der Waals surface area contributed by atoms with Crippen molar-refractivity contribution in [2.75, 3.05) is 19.3 Å². The Morgan fingerprint density at radius 3 is 2.41 bits per heavy atom. The quantitative estimate of drug-likeness (QED) is 0.449. The first-order chi connectivity index (χ1) is 17.1. The summed E-state index contributed by atoms with van der Waals surface area (Å²) in [6.07, 6.45) is -2.86. The van der Waals surface area contributed by atoms with Crippen LogP contribution in [-0.2, 0) is 22.7 Å². The van der Waals surface area contributed by atoms with Gasteiger partial charge in [-0.25, -0.2) is 21.9 Å². The fourth-order valence-electron chi connectivity index (χ4n) is 4.47. The number of benzene rings is 2. The minimum Gasteiger partial charge on any atom is -0.299 e. The largest absolute Gasteiger partial charge is 0.416 e. The van der Waals surface area contributed by atoms with E-state index in [0.717, 1.165) is 18.4 Å². The van der Waals surface area contributed by atoms with Crippen LogP contribution in [-0.4, -0.2) is 48.4 Å². The van der Waals surface area contributed by atoms with Gasteiger partial charge < -0.3 is 0 Å². The number of nitrogens with zero attached hydrogens (tertiary/aromatic N) is 3. The van der Waals surface area contributed by atoms with Gasteiger partial charge in [0.15, 0.2) is 0 Å². The Kier molecular flexibility index (Phi) is 7.25. The summed E-state index contributed by atoms with van der Waals surface area (Å²) in [6, 6.07) is 3.51. The maximum Gasteiger partial charge on any atom is 0.416 e. The molecule has 200 valence electrons. The first-order valence-electron chi connectivity index (χ1n) is 11.1. The number of fused-ring (bicyclic) bond motifs is 1. The van der Waals surface area contributed by atoms with Gasteiger partial charge in [0.05, 0.1) is 39.7 Å². The molecule has 1 amide bonds. The summed E-state index contributed by atoms with van der Waals surface area (Å²) in [4.78, 5) is 14.0. The number of aryl methyl sites for hydroxylation is 1. The van der Waals surface area contributed by atoms with Gasteiger partial charge >= 0.3 is 6.18 Å². The van der Waals surface area contributed by atoms with Crippen LogP contribution in [0.5, 0.6) is 0 Å². The van der Waals surface area contributed by atoms with Crippen molar-refractivity contribution in [1.29, 1.82) is 0 Å². The highest BCUT2D eigenvalue weighted by Gasteiger charge is 2.33. The van der Waals surface area contributed by atoms with Crippen LogP contribution in [0.15, 0.2) is 24.3 Å². The fourth-order valence-corrected chi connectivity index (χ4v) is 5.16. The molecule has 0 unspecified atom stereocenters. The summed E-state index contributed by atoms with van der Waals surface area (Å²) in [7, 11) is -3.88. The Morgan fingerprint density at radius 2 is 1.81 bits per heavy atom. The van der Waals surface area contributed by atoms with Gasteiger partial charge in [0.1, 0.15) is 11.6 Å². The van der Waals surface area contributed by atoms with Crippen molar-refractivity contribution < 1.29 is 35.2 Å². The molecule has 0 atom stereocenters. The molecule has 1 fully saturated rings. The van der Waals surface area contributed by atoms with E-state index in [4.69, 9.17) is 11.6 Å². The van der Waals surface area contributed by atoms with Crippen molar-refractivity contribution in [2.24, 2.45) is 0 Å². The highest BCUT2D eigenvalue weighted by molar-refractivity contribution is 7.89. The van der Waals surface area contributed by atoms with Crippen molar-refractivity contribution in [3.05, 3.63) is 63.3 Å². The summed E-state index contributed by atoms with van der Waals surface area (Å²) in [5.74, 6) is -2.90. The minimum atomic E-state index is -4.65. The topological polar surface area (TPSA) is 84.3 Å². The third-order valence-electron chi connectivity index (χ3n) is 6.23. The van der Waals surface area contributed by atoms with E-state index in [9.17, 15) is 35.2 Å². The molecule has 0 spiro atoms. The molecule has 3 aromatic rings. The molecule has 0 radical (unpaired) electrons. The lowest BCUT2D eigenvalue weighted by atomic mass is 10.0. The highest BCUT2D eigenvalue weighted by atomic mass is 35.5. The number of amides is 1. The van der Waals surface area contributed by atoms with Crippen molar-refractivity contribution in [3.8, 4) is 0 Å². The number of aromatic nitrogens is 2. The van der Waals surface area contributed by atoms with Gasteiger partial charge in [0.25, 0.3) is 5.91 Å². The maximum atomic E-state index is 14.8. The zero-order valence-corrected chi connectivity index (χ0v) is 21.2. The zero-order valence-electron chi connectivity index (χ0n) is 19.7. The number of rotatable bonds is 5. The van der Waals surface area contributed by atoms with Gasteiger partial charge in [0, 0.05) is 36.7 Å². The zero-order chi connectivity index (χ0) is 27.3. The Labute approximate surface area is 214 Å². The number of halogens is 6. The second kappa shape index (κ2) is 9.84. The smallest absolute Gasteiger partial charge is 0.299 e. The molecule has 37 heavy (non-hydrogen) atoms. The van der Waals surface area contributed by atoms with Crippen LogP contribution in [0, 0.1) is 18.6 Å². The van der Waals surface area contributed by atoms with Crippen molar-refractivity contribution in [1.82, 2.24) is 19.4 Å². The second-order valence-corrected chi connectivity index (χ2v) is 11.2. The van der Waals surface area contributed by atoms with Crippen molar-refractivity contribution >= 4 is 38.4 Å². The number of carbonyl (C=O) groups is 1. The van der Waals surface area contributed by atoms with E-state index in [0.29, 0.717) is 48.6 Å². The lowest BCUT2D eigenvalue weighted by Gasteiger charge is -2.32. The molecular formula is C23H22ClF5N4O3S. The van der Waals surface area contributed by atoms with Crippen molar-refractivity contribution in [2.45, 2.75) is 38.5 Å². The molecule has 0 aliphatic carbocycles. The number of carbonyl (C=O) groups excluding carboxylic acids is 1. The van der Waals surface area contributed by atoms with E-state index < -0.39 is 49.9 Å². The van der Waals surface area contributed by atoms with Crippen LogP contribution >= 0.6 is 11.6 Å². The van der Waals surface area contributed by atoms with Crippen LogP contribution in [0.25, 0.3) is 10.9 Å². The molecule has 1 saturated heterocycles. The molecule has 1 aromatic heterocycles. The first-order valence-corrected chi connectivity index (χ1v) is 13.4. The van der Waals surface area contributed by atoms with Crippen LogP contribution in [0.1, 0.15) is 46.1 Å². The fraction of sp³-hybridized carbons (Fsp3) is 0.391. The number of piperidine rings is 1. The van der Waals surface area contributed by atoms with E-state index >= 15 is 0 Å². The SMILES string of the molecule is Cc1nn(C2CCN(Cc3cc(C(F)(F)F)cc(Cl)c3F)CC2)c2cc(F)c(C(=O)NS(C)(=O)=O)cc12. The number of alkyl halides is 3. The Balaban J connectivity index is 1.52. The monoisotopic (exact) mass is 564 g/mol. The first kappa shape index (κ1) is 27.3. The maximum absolute atomic E-state index is 14.8. The van der Waals surface area contributed by atoms with Gasteiger partial charge in [-0.05, 0) is 38.0 Å². The van der Waals surface area contributed by atoms with Gasteiger partial charge in [-0.3, -0.25) is 14.4 Å². The van der Waals surface area contributed by atoms with Crippen LogP contribution in [0.2, 0.25) is 5.02 Å². The van der Waals surface area contributed by atoms with E-state index in [-0.39, 0.29) is 18.2 Å². The Morgan fingerprint density at radius 1 is 1.16 bits per heavy atom. The standard InChI is InChI=1S/C23H22ClF5N4O3S/c1-12-16-9-17(22(34)31-37(2,35)36)19(25)10-20(16)33(30-12)15-3-5-32(6-4-15)11-13-7-14(23(27,28)29)8-18(24)21(13)26/h7-10,15H,3-6,11H2,1-2H3,(H,31,34). The van der Waals surface area contributed by atoms with Crippen LogP contribution in [0.4, 0.5) is 22.0 Å². The lowest BCUT2D eigenvalue weighted by molar-refractivity contribution is -0.137. The van der Waals surface area contributed by atoms with Crippen molar-refractivity contribution in [3.63, 3.8) is 0 Å². The molecule has 1 aliphatic heterocycles. The number of hydrogen-bond donors (Lipinski definition) is 1. The van der Waals surface area contributed by atoms with E-state index in [1.165, 1.54) is 6.07 Å². The molecule has 0 saturated carbocycles. The van der Waals surface area contributed by atoms with Gasteiger partial charge in [0.2, 0.25) is 10.0 Å². The summed E-state index contributed by atoms with van der Waals surface area (Å²) in [5, 5.41) is 4.36. The predicted octanol–water partition coefficient (Wildman–Crippen LogP) is 4.82. The van der Waals surface area contributed by atoms with Gasteiger partial charge in [-0.15, -0.1) is 0 Å². The highest BCUT2D eigenvalue weighted by Crippen LogP contribution is 2.35. The Bertz CT molecular complexity index is 1480. The molecule has 2 aromatic carbocycles. The molecule has 2 heterocycles. The molecule has 4 rings (SSSR count). The summed E-state index contributed by atoms with van der Waals surface area (Å²) in [6.45, 7) is 2.43. The summed E-state index contributed by atoms with van der Waals surface area (Å²) < 4.78 is 94.6. The molecular weight excluding hydrogens is 543 g/mol. The van der Waals surface area contributed by atoms with Crippen LogP contribution < -0.4 is 4.72 Å². The number of nitrogens with one attached hydrogen (secondary N) is 1. The summed E-state index contributed by atoms with van der Waals surface area (Å²) in [5.41, 5.74) is -0.682. The van der Waals surface area contributed by atoms with E-state index in [1.54, 1.807) is 21.2 Å². The normalized spacial score (nSPS) is 15.9. The number of sulfonamides is 1. The lowest BCUT2D eigenvalue weighted by Crippen LogP contribution is -2.34. The third kappa shape index (κ3) is 5.88. The molecule has 1 aliphatic rings. The molecule has 1 N–H and O–H groups in total. The molecule has 0 bridgehead atoms. The van der Waals surface area contributed by atoms with E-state index in [1.807, 2.05) is 0 Å². The minimum absolute atomic E-state index is 0.0610. The Hall–Kier alpha value is -2.77. The third-order valence-corrected chi connectivity index (χ3v) is 7.06. The van der Waals surface area contributed by atoms with Crippen LogP contribution in [0.3, 0.4) is 0 Å². The average Bonchev–Trinajstić information content (AvgIpc) is 3.10. The molecule has 14 heteroatoms. The molecule has 7 nitrogen and oxygen atoms in total. The van der Waals surface area contributed by atoms with E-state index in [2.05, 4.69) is 5.10 Å². The van der Waals surface area contributed by atoms with Gasteiger partial charge in [-0.1, -0.05) is 11.6 Å². The number of hydrogen-bond acceptors (Lipinski definition) is 5. The average molecular weight is 565 g/mol. The predicted molar refractivity (Wildman–Crippen MR) is 127 cm³/mol. The second-order valence-electron chi connectivity index (χ2n) is 9.02. The number of likely N-dealkylation sites (tertiary alicyclic amines) is 1.